The van der Waals surface area contributed by atoms with Crippen LogP contribution in [0.2, 0.25) is 0 Å². The molecule has 3 N–H and O–H groups in total. The molecule has 1 atom stereocenters. The fraction of sp³-hybridized carbons (Fsp3) is 0.727. The summed E-state index contributed by atoms with van der Waals surface area (Å²) < 4.78 is 24.9. The molecule has 102 valence electrons. The maximum atomic E-state index is 11.5. The zero-order chi connectivity index (χ0) is 13.2. The molecule has 0 saturated carbocycles. The van der Waals surface area contributed by atoms with E-state index >= 15 is 0 Å². The van der Waals surface area contributed by atoms with Gasteiger partial charge in [0, 0.05) is 31.4 Å². The molecule has 1 fully saturated rings. The van der Waals surface area contributed by atoms with E-state index in [4.69, 9.17) is 5.73 Å². The van der Waals surface area contributed by atoms with Gasteiger partial charge in [-0.05, 0) is 13.3 Å². The molecule has 2 rings (SSSR count). The molecule has 0 aliphatic carbocycles. The normalized spacial score (nSPS) is 26.6. The molecular weight excluding hydrogens is 252 g/mol. The van der Waals surface area contributed by atoms with E-state index in [0.717, 1.165) is 12.2 Å². The Kier molecular flexibility index (Phi) is 3.74. The van der Waals surface area contributed by atoms with Gasteiger partial charge in [0.15, 0.2) is 9.84 Å². The predicted molar refractivity (Wildman–Crippen MR) is 69.8 cm³/mol. The largest absolute Gasteiger partial charge is 0.336 e. The maximum absolute atomic E-state index is 11.5. The SMILES string of the molecule is CC1(NCc2cn(CCN)cn2)CCS(=O)(=O)C1. The molecule has 1 aromatic rings. The van der Waals surface area contributed by atoms with E-state index in [1.54, 1.807) is 6.33 Å². The lowest BCUT2D eigenvalue weighted by molar-refractivity contribution is 0.393. The van der Waals surface area contributed by atoms with E-state index in [1.165, 1.54) is 0 Å². The van der Waals surface area contributed by atoms with Crippen molar-refractivity contribution in [2.45, 2.75) is 32.0 Å². The van der Waals surface area contributed by atoms with E-state index in [0.29, 0.717) is 19.5 Å². The molecule has 1 aliphatic heterocycles. The van der Waals surface area contributed by atoms with Crippen molar-refractivity contribution in [2.24, 2.45) is 5.73 Å². The Balaban J connectivity index is 1.91. The van der Waals surface area contributed by atoms with Gasteiger partial charge in [-0.2, -0.15) is 0 Å². The van der Waals surface area contributed by atoms with Crippen LogP contribution in [0.1, 0.15) is 19.0 Å². The second-order valence-electron chi connectivity index (χ2n) is 5.15. The summed E-state index contributed by atoms with van der Waals surface area (Å²) >= 11 is 0. The lowest BCUT2D eigenvalue weighted by Crippen LogP contribution is -2.42. The summed E-state index contributed by atoms with van der Waals surface area (Å²) in [6.07, 6.45) is 4.35. The van der Waals surface area contributed by atoms with Crippen molar-refractivity contribution in [3.8, 4) is 0 Å². The van der Waals surface area contributed by atoms with Crippen LogP contribution < -0.4 is 11.1 Å². The molecule has 0 aromatic carbocycles. The summed E-state index contributed by atoms with van der Waals surface area (Å²) in [5.74, 6) is 0.488. The first-order valence-corrected chi connectivity index (χ1v) is 7.91. The van der Waals surface area contributed by atoms with E-state index in [-0.39, 0.29) is 17.0 Å². The van der Waals surface area contributed by atoms with Crippen molar-refractivity contribution in [1.82, 2.24) is 14.9 Å². The fourth-order valence-corrected chi connectivity index (χ4v) is 4.35. The molecule has 1 saturated heterocycles. The van der Waals surface area contributed by atoms with Crippen LogP contribution in [-0.4, -0.2) is 41.6 Å². The number of aromatic nitrogens is 2. The van der Waals surface area contributed by atoms with Crippen molar-refractivity contribution in [2.75, 3.05) is 18.1 Å². The Morgan fingerprint density at radius 2 is 2.39 bits per heavy atom. The lowest BCUT2D eigenvalue weighted by Gasteiger charge is -2.23. The minimum absolute atomic E-state index is 0.212. The zero-order valence-electron chi connectivity index (χ0n) is 10.6. The second-order valence-corrected chi connectivity index (χ2v) is 7.33. The number of nitrogens with zero attached hydrogens (tertiary/aromatic N) is 2. The standard InChI is InChI=1S/C11H20N4O2S/c1-11(2-5-18(16,17)8-11)14-6-10-7-15(4-3-12)9-13-10/h7,9,14H,2-6,8,12H2,1H3. The minimum Gasteiger partial charge on any atom is -0.336 e. The highest BCUT2D eigenvalue weighted by Gasteiger charge is 2.37. The van der Waals surface area contributed by atoms with Crippen molar-refractivity contribution in [1.29, 1.82) is 0 Å². The number of nitrogens with one attached hydrogen (secondary N) is 1. The molecule has 0 amide bonds. The van der Waals surface area contributed by atoms with Crippen molar-refractivity contribution in [3.63, 3.8) is 0 Å². The van der Waals surface area contributed by atoms with Crippen LogP contribution in [0.5, 0.6) is 0 Å². The Labute approximate surface area is 107 Å². The van der Waals surface area contributed by atoms with Gasteiger partial charge in [-0.3, -0.25) is 0 Å². The van der Waals surface area contributed by atoms with E-state index in [9.17, 15) is 8.42 Å². The Morgan fingerprint density at radius 1 is 1.61 bits per heavy atom. The van der Waals surface area contributed by atoms with Crippen LogP contribution in [0.15, 0.2) is 12.5 Å². The van der Waals surface area contributed by atoms with Gasteiger partial charge in [0.25, 0.3) is 0 Å². The summed E-state index contributed by atoms with van der Waals surface area (Å²) in [7, 11) is -2.87. The molecule has 7 heteroatoms. The van der Waals surface area contributed by atoms with Crippen LogP contribution in [0.3, 0.4) is 0 Å². The van der Waals surface area contributed by atoms with Crippen LogP contribution in [0.4, 0.5) is 0 Å². The third-order valence-corrected chi connectivity index (χ3v) is 5.18. The van der Waals surface area contributed by atoms with Gasteiger partial charge >= 0.3 is 0 Å². The first-order valence-electron chi connectivity index (χ1n) is 6.09. The fourth-order valence-electron chi connectivity index (χ4n) is 2.22. The topological polar surface area (TPSA) is 90.0 Å². The van der Waals surface area contributed by atoms with E-state index < -0.39 is 9.84 Å². The summed E-state index contributed by atoms with van der Waals surface area (Å²) in [5.41, 5.74) is 6.05. The van der Waals surface area contributed by atoms with Gasteiger partial charge in [0.1, 0.15) is 0 Å². The number of sulfone groups is 1. The van der Waals surface area contributed by atoms with Crippen molar-refractivity contribution < 1.29 is 8.42 Å². The van der Waals surface area contributed by atoms with Crippen LogP contribution >= 0.6 is 0 Å². The second kappa shape index (κ2) is 4.99. The van der Waals surface area contributed by atoms with Gasteiger partial charge < -0.3 is 15.6 Å². The molecule has 0 spiro atoms. The first kappa shape index (κ1) is 13.5. The van der Waals surface area contributed by atoms with Gasteiger partial charge in [0.2, 0.25) is 0 Å². The third kappa shape index (κ3) is 3.30. The summed E-state index contributed by atoms with van der Waals surface area (Å²) in [5, 5.41) is 3.30. The number of hydrogen-bond donors (Lipinski definition) is 2. The number of nitrogens with two attached hydrogens (primary N) is 1. The highest BCUT2D eigenvalue weighted by Crippen LogP contribution is 2.23. The van der Waals surface area contributed by atoms with Gasteiger partial charge in [-0.1, -0.05) is 0 Å². The van der Waals surface area contributed by atoms with E-state index in [2.05, 4.69) is 10.3 Å². The highest BCUT2D eigenvalue weighted by molar-refractivity contribution is 7.91. The third-order valence-electron chi connectivity index (χ3n) is 3.27. The molecule has 1 unspecified atom stereocenters. The quantitative estimate of drug-likeness (QED) is 0.755. The molecular formula is C11H20N4O2S. The molecule has 0 radical (unpaired) electrons. The monoisotopic (exact) mass is 272 g/mol. The van der Waals surface area contributed by atoms with E-state index in [1.807, 2.05) is 17.7 Å². The number of imidazole rings is 1. The number of hydrogen-bond acceptors (Lipinski definition) is 5. The van der Waals surface area contributed by atoms with Gasteiger partial charge in [-0.15, -0.1) is 0 Å². The van der Waals surface area contributed by atoms with Crippen molar-refractivity contribution in [3.05, 3.63) is 18.2 Å². The van der Waals surface area contributed by atoms with Gasteiger partial charge in [-0.25, -0.2) is 13.4 Å². The highest BCUT2D eigenvalue weighted by atomic mass is 32.2. The number of rotatable bonds is 5. The average molecular weight is 272 g/mol. The molecule has 6 nitrogen and oxygen atoms in total. The summed E-state index contributed by atoms with van der Waals surface area (Å²) in [4.78, 5) is 4.26. The van der Waals surface area contributed by atoms with Crippen molar-refractivity contribution >= 4 is 9.84 Å². The summed E-state index contributed by atoms with van der Waals surface area (Å²) in [6.45, 7) is 3.87. The minimum atomic E-state index is -2.87. The Hall–Kier alpha value is -0.920. The van der Waals surface area contributed by atoms with Crippen LogP contribution in [0.25, 0.3) is 0 Å². The zero-order valence-corrected chi connectivity index (χ0v) is 11.4. The molecule has 1 aliphatic rings. The molecule has 0 bridgehead atoms. The molecule has 18 heavy (non-hydrogen) atoms. The Morgan fingerprint density at radius 3 is 3.00 bits per heavy atom. The Bertz CT molecular complexity index is 511. The maximum Gasteiger partial charge on any atom is 0.152 e. The average Bonchev–Trinajstić information content (AvgIpc) is 2.82. The molecule has 2 heterocycles. The van der Waals surface area contributed by atoms with Gasteiger partial charge in [0.05, 0.1) is 23.5 Å². The first-order chi connectivity index (χ1) is 8.42. The molecule has 1 aromatic heterocycles. The van der Waals surface area contributed by atoms with Crippen LogP contribution in [-0.2, 0) is 22.9 Å². The van der Waals surface area contributed by atoms with Crippen LogP contribution in [0, 0.1) is 0 Å². The predicted octanol–water partition coefficient (Wildman–Crippen LogP) is -0.491. The lowest BCUT2D eigenvalue weighted by atomic mass is 10.0. The summed E-state index contributed by atoms with van der Waals surface area (Å²) in [6, 6.07) is 0. The smallest absolute Gasteiger partial charge is 0.152 e.